The van der Waals surface area contributed by atoms with Gasteiger partial charge in [-0.3, -0.25) is 0 Å². The second-order valence-electron chi connectivity index (χ2n) is 4.08. The number of nitrogen functional groups attached to an aromatic ring is 1. The van der Waals surface area contributed by atoms with Crippen LogP contribution in [0.25, 0.3) is 10.9 Å². The average Bonchev–Trinajstić information content (AvgIpc) is 2.42. The maximum absolute atomic E-state index is 5.94. The van der Waals surface area contributed by atoms with E-state index in [0.717, 1.165) is 21.1 Å². The Balaban J connectivity index is 0.00000147. The molecule has 0 aliphatic heterocycles. The van der Waals surface area contributed by atoms with E-state index in [2.05, 4.69) is 31.2 Å². The Morgan fingerprint density at radius 1 is 0.950 bits per heavy atom. The van der Waals surface area contributed by atoms with Crippen molar-refractivity contribution in [2.45, 2.75) is 0 Å². The molecule has 102 valence electrons. The molecule has 3 aromatic rings. The molecule has 0 atom stereocenters. The number of aromatic nitrogens is 2. The summed E-state index contributed by atoms with van der Waals surface area (Å²) in [6.45, 7) is 0. The van der Waals surface area contributed by atoms with Crippen molar-refractivity contribution in [2.75, 3.05) is 11.1 Å². The van der Waals surface area contributed by atoms with Crippen LogP contribution >= 0.6 is 28.3 Å². The number of anilines is 3. The van der Waals surface area contributed by atoms with Crippen molar-refractivity contribution in [3.63, 3.8) is 0 Å². The number of nitrogens with zero attached hydrogens (tertiary/aromatic N) is 2. The highest BCUT2D eigenvalue weighted by Gasteiger charge is 2.04. The van der Waals surface area contributed by atoms with Crippen LogP contribution in [0.1, 0.15) is 0 Å². The molecule has 6 heteroatoms. The molecule has 0 spiro atoms. The van der Waals surface area contributed by atoms with Crippen LogP contribution in [-0.4, -0.2) is 9.97 Å². The van der Waals surface area contributed by atoms with Crippen molar-refractivity contribution in [3.8, 4) is 0 Å². The normalized spacial score (nSPS) is 10.1. The smallest absolute Gasteiger partial charge is 0.229 e. The first-order valence-electron chi connectivity index (χ1n) is 5.77. The number of rotatable bonds is 2. The van der Waals surface area contributed by atoms with Gasteiger partial charge >= 0.3 is 0 Å². The number of halogens is 2. The van der Waals surface area contributed by atoms with Gasteiger partial charge in [0.2, 0.25) is 5.95 Å². The van der Waals surface area contributed by atoms with Crippen LogP contribution in [0, 0.1) is 0 Å². The summed E-state index contributed by atoms with van der Waals surface area (Å²) in [5.41, 5.74) is 7.68. The zero-order valence-corrected chi connectivity index (χ0v) is 12.8. The van der Waals surface area contributed by atoms with Crippen LogP contribution in [0.4, 0.5) is 17.5 Å². The lowest BCUT2D eigenvalue weighted by molar-refractivity contribution is 1.22. The van der Waals surface area contributed by atoms with Gasteiger partial charge in [0.25, 0.3) is 0 Å². The third-order valence-electron chi connectivity index (χ3n) is 2.73. The van der Waals surface area contributed by atoms with Crippen LogP contribution in [0.15, 0.2) is 53.0 Å². The molecule has 20 heavy (non-hydrogen) atoms. The molecule has 1 aromatic heterocycles. The Kier molecular flexibility index (Phi) is 4.42. The number of hydrogen-bond donors (Lipinski definition) is 2. The Bertz CT molecular complexity index is 731. The highest BCUT2D eigenvalue weighted by molar-refractivity contribution is 9.10. The highest BCUT2D eigenvalue weighted by Crippen LogP contribution is 2.22. The number of nitrogens with one attached hydrogen (secondary N) is 1. The van der Waals surface area contributed by atoms with Crippen molar-refractivity contribution >= 4 is 56.7 Å². The van der Waals surface area contributed by atoms with Crippen LogP contribution < -0.4 is 11.1 Å². The molecular formula is C14H12BrClN4. The van der Waals surface area contributed by atoms with E-state index in [1.54, 1.807) is 0 Å². The van der Waals surface area contributed by atoms with Crippen LogP contribution in [0.3, 0.4) is 0 Å². The minimum absolute atomic E-state index is 0. The molecule has 0 aliphatic rings. The summed E-state index contributed by atoms with van der Waals surface area (Å²) in [7, 11) is 0. The van der Waals surface area contributed by atoms with E-state index in [1.165, 1.54) is 0 Å². The fraction of sp³-hybridized carbons (Fsp3) is 0. The topological polar surface area (TPSA) is 63.8 Å². The van der Waals surface area contributed by atoms with Crippen molar-refractivity contribution in [3.05, 3.63) is 53.0 Å². The van der Waals surface area contributed by atoms with Crippen molar-refractivity contribution in [1.82, 2.24) is 9.97 Å². The lowest BCUT2D eigenvalue weighted by atomic mass is 10.2. The zero-order chi connectivity index (χ0) is 13.2. The average molecular weight is 352 g/mol. The number of fused-ring (bicyclic) bond motifs is 1. The van der Waals surface area contributed by atoms with Crippen LogP contribution in [0.5, 0.6) is 0 Å². The molecule has 0 amide bonds. The van der Waals surface area contributed by atoms with E-state index in [0.29, 0.717) is 11.8 Å². The number of para-hydroxylation sites is 1. The second kappa shape index (κ2) is 6.07. The van der Waals surface area contributed by atoms with E-state index in [4.69, 9.17) is 5.73 Å². The monoisotopic (exact) mass is 350 g/mol. The molecular weight excluding hydrogens is 340 g/mol. The van der Waals surface area contributed by atoms with Gasteiger partial charge in [-0.2, -0.15) is 4.98 Å². The fourth-order valence-electron chi connectivity index (χ4n) is 1.82. The van der Waals surface area contributed by atoms with Crippen molar-refractivity contribution in [2.24, 2.45) is 0 Å². The van der Waals surface area contributed by atoms with Crippen LogP contribution in [0.2, 0.25) is 0 Å². The molecule has 0 saturated heterocycles. The summed E-state index contributed by atoms with van der Waals surface area (Å²) in [5.74, 6) is 0.976. The summed E-state index contributed by atoms with van der Waals surface area (Å²) in [6.07, 6.45) is 0. The zero-order valence-electron chi connectivity index (χ0n) is 10.4. The quantitative estimate of drug-likeness (QED) is 0.728. The van der Waals surface area contributed by atoms with Crippen LogP contribution in [-0.2, 0) is 0 Å². The summed E-state index contributed by atoms with van der Waals surface area (Å²) in [6, 6.07) is 15.5. The molecule has 4 nitrogen and oxygen atoms in total. The summed E-state index contributed by atoms with van der Waals surface area (Å²) in [4.78, 5) is 8.70. The van der Waals surface area contributed by atoms with Gasteiger partial charge in [0, 0.05) is 15.5 Å². The SMILES string of the molecule is Cl.Nc1nc(Nc2ccc(Br)cc2)nc2ccccc12. The Labute approximate surface area is 131 Å². The lowest BCUT2D eigenvalue weighted by Crippen LogP contribution is -2.01. The van der Waals surface area contributed by atoms with Gasteiger partial charge in [-0.25, -0.2) is 4.98 Å². The molecule has 0 saturated carbocycles. The Hall–Kier alpha value is -1.85. The fourth-order valence-corrected chi connectivity index (χ4v) is 2.08. The molecule has 0 fully saturated rings. The molecule has 1 heterocycles. The third kappa shape index (κ3) is 3.00. The first-order chi connectivity index (χ1) is 9.22. The Morgan fingerprint density at radius 3 is 2.40 bits per heavy atom. The maximum atomic E-state index is 5.94. The maximum Gasteiger partial charge on any atom is 0.229 e. The van der Waals surface area contributed by atoms with E-state index in [1.807, 2.05) is 48.5 Å². The first kappa shape index (κ1) is 14.6. The van der Waals surface area contributed by atoms with Crippen molar-refractivity contribution < 1.29 is 0 Å². The first-order valence-corrected chi connectivity index (χ1v) is 6.56. The van der Waals surface area contributed by atoms with Gasteiger partial charge in [-0.15, -0.1) is 12.4 Å². The van der Waals surface area contributed by atoms with E-state index in [9.17, 15) is 0 Å². The molecule has 0 radical (unpaired) electrons. The predicted octanol–water partition coefficient (Wildman–Crippen LogP) is 4.14. The molecule has 0 bridgehead atoms. The lowest BCUT2D eigenvalue weighted by Gasteiger charge is -2.07. The molecule has 3 N–H and O–H groups in total. The van der Waals surface area contributed by atoms with E-state index in [-0.39, 0.29) is 12.4 Å². The van der Waals surface area contributed by atoms with Gasteiger partial charge in [0.1, 0.15) is 5.82 Å². The van der Waals surface area contributed by atoms with Gasteiger partial charge in [-0.05, 0) is 36.4 Å². The second-order valence-corrected chi connectivity index (χ2v) is 5.00. The van der Waals surface area contributed by atoms with Crippen molar-refractivity contribution in [1.29, 1.82) is 0 Å². The number of hydrogen-bond acceptors (Lipinski definition) is 4. The third-order valence-corrected chi connectivity index (χ3v) is 3.26. The van der Waals surface area contributed by atoms with E-state index >= 15 is 0 Å². The summed E-state index contributed by atoms with van der Waals surface area (Å²) >= 11 is 3.40. The van der Waals surface area contributed by atoms with Gasteiger partial charge in [-0.1, -0.05) is 28.1 Å². The Morgan fingerprint density at radius 2 is 1.65 bits per heavy atom. The molecule has 0 aliphatic carbocycles. The summed E-state index contributed by atoms with van der Waals surface area (Å²) < 4.78 is 1.02. The number of benzene rings is 2. The highest BCUT2D eigenvalue weighted by atomic mass is 79.9. The molecule has 2 aromatic carbocycles. The molecule has 3 rings (SSSR count). The predicted molar refractivity (Wildman–Crippen MR) is 88.6 cm³/mol. The van der Waals surface area contributed by atoms with Gasteiger partial charge in [0.15, 0.2) is 0 Å². The minimum Gasteiger partial charge on any atom is -0.383 e. The minimum atomic E-state index is 0. The van der Waals surface area contributed by atoms with Gasteiger partial charge < -0.3 is 11.1 Å². The summed E-state index contributed by atoms with van der Waals surface area (Å²) in [5, 5.41) is 4.01. The van der Waals surface area contributed by atoms with E-state index < -0.39 is 0 Å². The standard InChI is InChI=1S/C14H11BrN4.ClH/c15-9-5-7-10(8-6-9)17-14-18-12-4-2-1-3-11(12)13(16)19-14;/h1-8H,(H3,16,17,18,19);1H. The molecule has 0 unspecified atom stereocenters. The largest absolute Gasteiger partial charge is 0.383 e. The number of nitrogens with two attached hydrogens (primary N) is 1. The van der Waals surface area contributed by atoms with Gasteiger partial charge in [0.05, 0.1) is 5.52 Å².